The highest BCUT2D eigenvalue weighted by Gasteiger charge is 2.15. The molecule has 1 N–H and O–H groups in total. The third kappa shape index (κ3) is 3.23. The molecule has 1 unspecified atom stereocenters. The van der Waals surface area contributed by atoms with Crippen molar-refractivity contribution in [3.63, 3.8) is 0 Å². The van der Waals surface area contributed by atoms with Gasteiger partial charge in [-0.05, 0) is 48.4 Å². The first-order valence-electron chi connectivity index (χ1n) is 6.36. The van der Waals surface area contributed by atoms with Crippen molar-refractivity contribution in [2.75, 3.05) is 7.05 Å². The fourth-order valence-corrected chi connectivity index (χ4v) is 2.66. The van der Waals surface area contributed by atoms with Gasteiger partial charge in [0.05, 0.1) is 6.04 Å². The van der Waals surface area contributed by atoms with E-state index in [4.69, 9.17) is 0 Å². The average molecular weight is 322 g/mol. The minimum Gasteiger partial charge on any atom is -0.309 e. The van der Waals surface area contributed by atoms with Crippen LogP contribution in [-0.2, 0) is 6.42 Å². The van der Waals surface area contributed by atoms with E-state index in [9.17, 15) is 4.39 Å². The van der Waals surface area contributed by atoms with Crippen LogP contribution in [0.15, 0.2) is 46.9 Å². The number of hydrogen-bond donors (Lipinski definition) is 1. The normalized spacial score (nSPS) is 12.4. The highest BCUT2D eigenvalue weighted by molar-refractivity contribution is 9.10. The first-order chi connectivity index (χ1) is 9.15. The van der Waals surface area contributed by atoms with Gasteiger partial charge in [0, 0.05) is 4.47 Å². The average Bonchev–Trinajstić information content (AvgIpc) is 2.44. The van der Waals surface area contributed by atoms with E-state index < -0.39 is 0 Å². The smallest absolute Gasteiger partial charge is 0.123 e. The summed E-state index contributed by atoms with van der Waals surface area (Å²) in [6, 6.07) is 13.2. The Morgan fingerprint density at radius 2 is 1.84 bits per heavy atom. The second kappa shape index (κ2) is 6.31. The molecule has 0 aliphatic heterocycles. The minimum absolute atomic E-state index is 0.0176. The molecule has 0 radical (unpaired) electrons. The molecular weight excluding hydrogens is 305 g/mol. The summed E-state index contributed by atoms with van der Waals surface area (Å²) in [6.45, 7) is 2.13. The third-order valence-electron chi connectivity index (χ3n) is 3.28. The summed E-state index contributed by atoms with van der Waals surface area (Å²) in [5, 5.41) is 3.24. The molecule has 0 saturated carbocycles. The maximum absolute atomic E-state index is 13.4. The molecule has 2 aromatic rings. The molecule has 1 nitrogen and oxygen atoms in total. The van der Waals surface area contributed by atoms with Gasteiger partial charge in [-0.2, -0.15) is 0 Å². The lowest BCUT2D eigenvalue weighted by molar-refractivity contribution is 0.615. The molecule has 3 heteroatoms. The maximum Gasteiger partial charge on any atom is 0.123 e. The Morgan fingerprint density at radius 1 is 1.16 bits per heavy atom. The van der Waals surface area contributed by atoms with Gasteiger partial charge in [0.1, 0.15) is 5.82 Å². The Balaban J connectivity index is 2.40. The van der Waals surface area contributed by atoms with Crippen LogP contribution < -0.4 is 5.32 Å². The summed E-state index contributed by atoms with van der Waals surface area (Å²) < 4.78 is 14.3. The summed E-state index contributed by atoms with van der Waals surface area (Å²) in [6.07, 6.45) is 1.02. The molecule has 2 rings (SSSR count). The third-order valence-corrected chi connectivity index (χ3v) is 4.00. The second-order valence-corrected chi connectivity index (χ2v) is 5.34. The largest absolute Gasteiger partial charge is 0.309 e. The van der Waals surface area contributed by atoms with Crippen LogP contribution in [0.1, 0.15) is 29.7 Å². The summed E-state index contributed by atoms with van der Waals surface area (Å²) in [7, 11) is 1.88. The van der Waals surface area contributed by atoms with Crippen molar-refractivity contribution in [2.24, 2.45) is 0 Å². The van der Waals surface area contributed by atoms with E-state index in [0.29, 0.717) is 0 Å². The van der Waals surface area contributed by atoms with Crippen LogP contribution in [0.3, 0.4) is 0 Å². The summed E-state index contributed by atoms with van der Waals surface area (Å²) in [5.41, 5.74) is 3.34. The van der Waals surface area contributed by atoms with Gasteiger partial charge in [0.2, 0.25) is 0 Å². The van der Waals surface area contributed by atoms with Crippen molar-refractivity contribution >= 4 is 15.9 Å². The molecule has 0 aromatic heterocycles. The zero-order valence-electron chi connectivity index (χ0n) is 11.1. The number of rotatable bonds is 4. The van der Waals surface area contributed by atoms with E-state index >= 15 is 0 Å². The quantitative estimate of drug-likeness (QED) is 0.876. The lowest BCUT2D eigenvalue weighted by Crippen LogP contribution is -2.18. The molecule has 0 amide bonds. The second-order valence-electron chi connectivity index (χ2n) is 4.48. The number of benzene rings is 2. The fourth-order valence-electron chi connectivity index (χ4n) is 2.18. The Kier molecular flexibility index (Phi) is 4.72. The van der Waals surface area contributed by atoms with Crippen molar-refractivity contribution in [1.29, 1.82) is 0 Å². The Labute approximate surface area is 122 Å². The van der Waals surface area contributed by atoms with Crippen LogP contribution in [0.25, 0.3) is 0 Å². The molecule has 100 valence electrons. The van der Waals surface area contributed by atoms with E-state index in [-0.39, 0.29) is 11.9 Å². The number of halogens is 2. The van der Waals surface area contributed by atoms with Gasteiger partial charge in [0.25, 0.3) is 0 Å². The molecule has 0 aliphatic carbocycles. The first kappa shape index (κ1) is 14.2. The zero-order valence-corrected chi connectivity index (χ0v) is 12.7. The van der Waals surface area contributed by atoms with Gasteiger partial charge < -0.3 is 5.32 Å². The molecule has 0 spiro atoms. The fraction of sp³-hybridized carbons (Fsp3) is 0.250. The van der Waals surface area contributed by atoms with Gasteiger partial charge in [-0.3, -0.25) is 0 Å². The predicted molar refractivity (Wildman–Crippen MR) is 80.8 cm³/mol. The highest BCUT2D eigenvalue weighted by atomic mass is 79.9. The van der Waals surface area contributed by atoms with Crippen LogP contribution in [0.2, 0.25) is 0 Å². The molecule has 0 fully saturated rings. The van der Waals surface area contributed by atoms with Gasteiger partial charge in [-0.25, -0.2) is 4.39 Å². The van der Waals surface area contributed by atoms with Crippen LogP contribution in [0.5, 0.6) is 0 Å². The standard InChI is InChI=1S/C16H17BrFN/c1-3-11-4-6-12(7-5-11)16(19-2)14-10-13(18)8-9-15(14)17/h4-10,16,19H,3H2,1-2H3. The molecule has 0 aliphatic rings. The Bertz CT molecular complexity index is 551. The summed E-state index contributed by atoms with van der Waals surface area (Å²) >= 11 is 3.49. The monoisotopic (exact) mass is 321 g/mol. The van der Waals surface area contributed by atoms with E-state index in [2.05, 4.69) is 52.4 Å². The lowest BCUT2D eigenvalue weighted by Gasteiger charge is -2.19. The SMILES string of the molecule is CCc1ccc(C(NC)c2cc(F)ccc2Br)cc1. The van der Waals surface area contributed by atoms with E-state index in [1.807, 2.05) is 7.05 Å². The number of aryl methyl sites for hydroxylation is 1. The van der Waals surface area contributed by atoms with Gasteiger partial charge in [0.15, 0.2) is 0 Å². The van der Waals surface area contributed by atoms with Crippen LogP contribution in [-0.4, -0.2) is 7.05 Å². The predicted octanol–water partition coefficient (Wildman–Crippen LogP) is 4.46. The number of nitrogens with one attached hydrogen (secondary N) is 1. The van der Waals surface area contributed by atoms with Crippen molar-refractivity contribution in [3.8, 4) is 0 Å². The lowest BCUT2D eigenvalue weighted by atomic mass is 9.97. The molecule has 1 atom stereocenters. The Morgan fingerprint density at radius 3 is 2.42 bits per heavy atom. The van der Waals surface area contributed by atoms with Crippen LogP contribution >= 0.6 is 15.9 Å². The summed E-state index contributed by atoms with van der Waals surface area (Å²) in [4.78, 5) is 0. The van der Waals surface area contributed by atoms with Crippen molar-refractivity contribution in [2.45, 2.75) is 19.4 Å². The van der Waals surface area contributed by atoms with Gasteiger partial charge in [-0.15, -0.1) is 0 Å². The minimum atomic E-state index is -0.219. The van der Waals surface area contributed by atoms with Gasteiger partial charge in [-0.1, -0.05) is 47.1 Å². The summed E-state index contributed by atoms with van der Waals surface area (Å²) in [5.74, 6) is -0.219. The maximum atomic E-state index is 13.4. The van der Waals surface area contributed by atoms with E-state index in [1.54, 1.807) is 12.1 Å². The van der Waals surface area contributed by atoms with Crippen molar-refractivity contribution in [3.05, 3.63) is 69.4 Å². The van der Waals surface area contributed by atoms with Crippen molar-refractivity contribution in [1.82, 2.24) is 5.32 Å². The topological polar surface area (TPSA) is 12.0 Å². The Hall–Kier alpha value is -1.19. The molecular formula is C16H17BrFN. The molecule has 0 saturated heterocycles. The van der Waals surface area contributed by atoms with E-state index in [1.165, 1.54) is 11.6 Å². The van der Waals surface area contributed by atoms with Crippen LogP contribution in [0, 0.1) is 5.82 Å². The zero-order chi connectivity index (χ0) is 13.8. The van der Waals surface area contributed by atoms with E-state index in [0.717, 1.165) is 22.0 Å². The molecule has 0 bridgehead atoms. The first-order valence-corrected chi connectivity index (χ1v) is 7.16. The molecule has 0 heterocycles. The molecule has 19 heavy (non-hydrogen) atoms. The molecule has 2 aromatic carbocycles. The van der Waals surface area contributed by atoms with Gasteiger partial charge >= 0.3 is 0 Å². The number of hydrogen-bond acceptors (Lipinski definition) is 1. The highest BCUT2D eigenvalue weighted by Crippen LogP contribution is 2.29. The van der Waals surface area contributed by atoms with Crippen LogP contribution in [0.4, 0.5) is 4.39 Å². The van der Waals surface area contributed by atoms with Crippen molar-refractivity contribution < 1.29 is 4.39 Å².